The van der Waals surface area contributed by atoms with Crippen molar-refractivity contribution in [2.24, 2.45) is 11.7 Å². The van der Waals surface area contributed by atoms with Gasteiger partial charge in [0, 0.05) is 20.0 Å². The standard InChI is InChI=1S/C15H24N2O2/c1-12(10-16)4-9-15(18)17(2)11-13-5-7-14(19-3)8-6-13/h5-8,12H,4,9-11,16H2,1-3H3. The molecule has 1 amide bonds. The van der Waals surface area contributed by atoms with Crippen LogP contribution in [0.2, 0.25) is 0 Å². The Hall–Kier alpha value is -1.55. The largest absolute Gasteiger partial charge is 0.497 e. The maximum absolute atomic E-state index is 12.0. The number of hydrogen-bond acceptors (Lipinski definition) is 3. The van der Waals surface area contributed by atoms with E-state index in [9.17, 15) is 4.79 Å². The minimum Gasteiger partial charge on any atom is -0.497 e. The molecule has 0 aromatic heterocycles. The molecule has 0 spiro atoms. The van der Waals surface area contributed by atoms with Crippen LogP contribution >= 0.6 is 0 Å². The van der Waals surface area contributed by atoms with Crippen molar-refractivity contribution in [1.82, 2.24) is 4.90 Å². The fourth-order valence-corrected chi connectivity index (χ4v) is 1.77. The number of hydrogen-bond donors (Lipinski definition) is 1. The first kappa shape index (κ1) is 15.5. The van der Waals surface area contributed by atoms with Crippen molar-refractivity contribution in [3.05, 3.63) is 29.8 Å². The molecule has 1 rings (SSSR count). The van der Waals surface area contributed by atoms with E-state index in [4.69, 9.17) is 10.5 Å². The first-order chi connectivity index (χ1) is 9.06. The van der Waals surface area contributed by atoms with Crippen molar-refractivity contribution in [1.29, 1.82) is 0 Å². The lowest BCUT2D eigenvalue weighted by molar-refractivity contribution is -0.130. The lowest BCUT2D eigenvalue weighted by Gasteiger charge is -2.18. The van der Waals surface area contributed by atoms with Gasteiger partial charge in [-0.15, -0.1) is 0 Å². The molecule has 0 aliphatic heterocycles. The number of ether oxygens (including phenoxy) is 1. The highest BCUT2D eigenvalue weighted by Gasteiger charge is 2.11. The van der Waals surface area contributed by atoms with Gasteiger partial charge in [0.1, 0.15) is 5.75 Å². The number of carbonyl (C=O) groups is 1. The van der Waals surface area contributed by atoms with Crippen LogP contribution in [-0.2, 0) is 11.3 Å². The van der Waals surface area contributed by atoms with Gasteiger partial charge in [0.05, 0.1) is 7.11 Å². The minimum atomic E-state index is 0.163. The fraction of sp³-hybridized carbons (Fsp3) is 0.533. The number of nitrogens with two attached hydrogens (primary N) is 1. The summed E-state index contributed by atoms with van der Waals surface area (Å²) in [6.45, 7) is 3.33. The number of benzene rings is 1. The quantitative estimate of drug-likeness (QED) is 0.820. The van der Waals surface area contributed by atoms with Gasteiger partial charge < -0.3 is 15.4 Å². The second-order valence-electron chi connectivity index (χ2n) is 4.98. The summed E-state index contributed by atoms with van der Waals surface area (Å²) in [4.78, 5) is 13.7. The maximum Gasteiger partial charge on any atom is 0.222 e. The van der Waals surface area contributed by atoms with E-state index in [1.165, 1.54) is 0 Å². The Bertz CT molecular complexity index is 390. The summed E-state index contributed by atoms with van der Waals surface area (Å²) >= 11 is 0. The normalized spacial score (nSPS) is 12.0. The molecule has 0 saturated carbocycles. The van der Waals surface area contributed by atoms with E-state index in [-0.39, 0.29) is 5.91 Å². The highest BCUT2D eigenvalue weighted by molar-refractivity contribution is 5.75. The van der Waals surface area contributed by atoms with Crippen LogP contribution in [0.5, 0.6) is 5.75 Å². The molecule has 2 N–H and O–H groups in total. The van der Waals surface area contributed by atoms with Crippen LogP contribution in [0.3, 0.4) is 0 Å². The van der Waals surface area contributed by atoms with Gasteiger partial charge in [-0.2, -0.15) is 0 Å². The average Bonchev–Trinajstić information content (AvgIpc) is 2.44. The van der Waals surface area contributed by atoms with Crippen LogP contribution in [0.4, 0.5) is 0 Å². The second kappa shape index (κ2) is 7.79. The van der Waals surface area contributed by atoms with Crippen LogP contribution in [0, 0.1) is 5.92 Å². The zero-order chi connectivity index (χ0) is 14.3. The Kier molecular flexibility index (Phi) is 6.36. The van der Waals surface area contributed by atoms with E-state index in [1.54, 1.807) is 12.0 Å². The molecule has 1 aromatic carbocycles. The first-order valence-electron chi connectivity index (χ1n) is 6.63. The molecular weight excluding hydrogens is 240 g/mol. The predicted octanol–water partition coefficient (Wildman–Crippen LogP) is 2.03. The molecule has 0 aliphatic rings. The van der Waals surface area contributed by atoms with Gasteiger partial charge in [-0.3, -0.25) is 4.79 Å². The van der Waals surface area contributed by atoms with Gasteiger partial charge in [0.25, 0.3) is 0 Å². The van der Waals surface area contributed by atoms with E-state index < -0.39 is 0 Å². The molecule has 0 aliphatic carbocycles. The van der Waals surface area contributed by atoms with Crippen LogP contribution in [0.15, 0.2) is 24.3 Å². The molecule has 0 heterocycles. The van der Waals surface area contributed by atoms with E-state index in [0.717, 1.165) is 17.7 Å². The maximum atomic E-state index is 12.0. The number of amides is 1. The van der Waals surface area contributed by atoms with Gasteiger partial charge >= 0.3 is 0 Å². The molecule has 0 radical (unpaired) electrons. The second-order valence-corrected chi connectivity index (χ2v) is 4.98. The molecule has 19 heavy (non-hydrogen) atoms. The summed E-state index contributed by atoms with van der Waals surface area (Å²) in [5.41, 5.74) is 6.65. The van der Waals surface area contributed by atoms with E-state index >= 15 is 0 Å². The van der Waals surface area contributed by atoms with Gasteiger partial charge in [0.2, 0.25) is 5.91 Å². The molecule has 106 valence electrons. The Balaban J connectivity index is 2.44. The summed E-state index contributed by atoms with van der Waals surface area (Å²) in [6.07, 6.45) is 1.41. The molecule has 0 bridgehead atoms. The Morgan fingerprint density at radius 3 is 2.53 bits per heavy atom. The van der Waals surface area contributed by atoms with Gasteiger partial charge in [-0.05, 0) is 36.6 Å². The Morgan fingerprint density at radius 1 is 1.37 bits per heavy atom. The Labute approximate surface area is 115 Å². The van der Waals surface area contributed by atoms with Crippen molar-refractivity contribution in [2.45, 2.75) is 26.3 Å². The Morgan fingerprint density at radius 2 is 2.00 bits per heavy atom. The lowest BCUT2D eigenvalue weighted by atomic mass is 10.1. The van der Waals surface area contributed by atoms with Crippen molar-refractivity contribution < 1.29 is 9.53 Å². The van der Waals surface area contributed by atoms with Crippen LogP contribution < -0.4 is 10.5 Å². The molecular formula is C15H24N2O2. The topological polar surface area (TPSA) is 55.6 Å². The summed E-state index contributed by atoms with van der Waals surface area (Å²) in [5, 5.41) is 0. The SMILES string of the molecule is COc1ccc(CN(C)C(=O)CCC(C)CN)cc1. The highest BCUT2D eigenvalue weighted by Crippen LogP contribution is 2.13. The van der Waals surface area contributed by atoms with Crippen LogP contribution in [0.1, 0.15) is 25.3 Å². The van der Waals surface area contributed by atoms with E-state index in [2.05, 4.69) is 6.92 Å². The van der Waals surface area contributed by atoms with Crippen LogP contribution in [0.25, 0.3) is 0 Å². The van der Waals surface area contributed by atoms with Crippen molar-refractivity contribution in [2.75, 3.05) is 20.7 Å². The molecule has 1 unspecified atom stereocenters. The third-order valence-electron chi connectivity index (χ3n) is 3.26. The molecule has 0 saturated heterocycles. The zero-order valence-electron chi connectivity index (χ0n) is 12.1. The molecule has 4 heteroatoms. The first-order valence-corrected chi connectivity index (χ1v) is 6.63. The van der Waals surface area contributed by atoms with Crippen LogP contribution in [-0.4, -0.2) is 31.5 Å². The third-order valence-corrected chi connectivity index (χ3v) is 3.26. The minimum absolute atomic E-state index is 0.163. The number of carbonyl (C=O) groups excluding carboxylic acids is 1. The number of rotatable bonds is 7. The van der Waals surface area contributed by atoms with Gasteiger partial charge in [-0.1, -0.05) is 19.1 Å². The van der Waals surface area contributed by atoms with Crippen molar-refractivity contribution in [3.63, 3.8) is 0 Å². The predicted molar refractivity (Wildman–Crippen MR) is 76.9 cm³/mol. The highest BCUT2D eigenvalue weighted by atomic mass is 16.5. The fourth-order valence-electron chi connectivity index (χ4n) is 1.77. The third kappa shape index (κ3) is 5.30. The van der Waals surface area contributed by atoms with E-state index in [1.807, 2.05) is 31.3 Å². The average molecular weight is 264 g/mol. The number of nitrogens with zero attached hydrogens (tertiary/aromatic N) is 1. The summed E-state index contributed by atoms with van der Waals surface area (Å²) in [5.74, 6) is 1.39. The lowest BCUT2D eigenvalue weighted by Crippen LogP contribution is -2.26. The molecule has 0 fully saturated rings. The molecule has 1 atom stereocenters. The smallest absolute Gasteiger partial charge is 0.222 e. The monoisotopic (exact) mass is 264 g/mol. The van der Waals surface area contributed by atoms with Gasteiger partial charge in [0.15, 0.2) is 0 Å². The molecule has 1 aromatic rings. The molecule has 4 nitrogen and oxygen atoms in total. The van der Waals surface area contributed by atoms with Crippen molar-refractivity contribution in [3.8, 4) is 5.75 Å². The number of methoxy groups -OCH3 is 1. The zero-order valence-corrected chi connectivity index (χ0v) is 12.1. The van der Waals surface area contributed by atoms with Crippen molar-refractivity contribution >= 4 is 5.91 Å². The summed E-state index contributed by atoms with van der Waals surface area (Å²) in [6, 6.07) is 7.77. The van der Waals surface area contributed by atoms with E-state index in [0.29, 0.717) is 25.4 Å². The summed E-state index contributed by atoms with van der Waals surface area (Å²) < 4.78 is 5.11. The van der Waals surface area contributed by atoms with Gasteiger partial charge in [-0.25, -0.2) is 0 Å². The summed E-state index contributed by atoms with van der Waals surface area (Å²) in [7, 11) is 3.48.